The first kappa shape index (κ1) is 14.2. The van der Waals surface area contributed by atoms with Crippen molar-refractivity contribution in [3.63, 3.8) is 0 Å². The summed E-state index contributed by atoms with van der Waals surface area (Å²) in [6, 6.07) is 2.15. The average molecular weight is 369 g/mol. The third-order valence-electron chi connectivity index (χ3n) is 2.23. The van der Waals surface area contributed by atoms with Gasteiger partial charge in [0.05, 0.1) is 0 Å². The van der Waals surface area contributed by atoms with E-state index >= 15 is 0 Å². The fraction of sp³-hybridized carbons (Fsp3) is 0.545. The minimum atomic E-state index is 0.123. The number of alkyl halides is 1. The lowest BCUT2D eigenvalue weighted by atomic mass is 10.2. The van der Waals surface area contributed by atoms with E-state index in [-0.39, 0.29) is 11.9 Å². The lowest BCUT2D eigenvalue weighted by Crippen LogP contribution is -2.37. The van der Waals surface area contributed by atoms with Crippen LogP contribution < -0.4 is 0 Å². The Balaban J connectivity index is 2.79. The van der Waals surface area contributed by atoms with Crippen molar-refractivity contribution < 1.29 is 4.79 Å². The van der Waals surface area contributed by atoms with Crippen molar-refractivity contribution in [1.29, 1.82) is 0 Å². The van der Waals surface area contributed by atoms with Crippen LogP contribution in [0.15, 0.2) is 15.9 Å². The molecule has 1 heterocycles. The van der Waals surface area contributed by atoms with E-state index in [9.17, 15) is 4.79 Å². The predicted octanol–water partition coefficient (Wildman–Crippen LogP) is 4.15. The molecule has 1 rings (SSSR count). The molecule has 0 N–H and O–H groups in total. The highest BCUT2D eigenvalue weighted by Gasteiger charge is 2.21. The Hall–Kier alpha value is 0.130. The summed E-state index contributed by atoms with van der Waals surface area (Å²) in [5.41, 5.74) is 0. The molecule has 90 valence electrons. The lowest BCUT2D eigenvalue weighted by molar-refractivity contribution is 0.0711. The highest BCUT2D eigenvalue weighted by molar-refractivity contribution is 9.10. The van der Waals surface area contributed by atoms with Gasteiger partial charge in [-0.15, -0.1) is 11.3 Å². The number of thiophene rings is 1. The van der Waals surface area contributed by atoms with Gasteiger partial charge in [-0.1, -0.05) is 15.9 Å². The summed E-state index contributed by atoms with van der Waals surface area (Å²) >= 11 is 8.29. The minimum absolute atomic E-state index is 0.123. The summed E-state index contributed by atoms with van der Waals surface area (Å²) in [6.07, 6.45) is 0.979. The van der Waals surface area contributed by atoms with Crippen LogP contribution in [0.25, 0.3) is 0 Å². The zero-order chi connectivity index (χ0) is 12.1. The smallest absolute Gasteiger partial charge is 0.265 e. The summed E-state index contributed by atoms with van der Waals surface area (Å²) in [7, 11) is 0. The Morgan fingerprint density at radius 2 is 2.25 bits per heavy atom. The molecule has 0 bridgehead atoms. The van der Waals surface area contributed by atoms with Crippen LogP contribution in [0.3, 0.4) is 0 Å². The van der Waals surface area contributed by atoms with Crippen LogP contribution in [-0.4, -0.2) is 28.7 Å². The Kier molecular flexibility index (Phi) is 6.00. The number of hydrogen-bond acceptors (Lipinski definition) is 2. The maximum absolute atomic E-state index is 12.3. The molecule has 16 heavy (non-hydrogen) atoms. The van der Waals surface area contributed by atoms with Crippen LogP contribution >= 0.6 is 43.2 Å². The molecule has 0 fully saturated rings. The first-order chi connectivity index (χ1) is 7.57. The fourth-order valence-electron chi connectivity index (χ4n) is 1.40. The number of amides is 1. The number of hydrogen-bond donors (Lipinski definition) is 0. The second kappa shape index (κ2) is 6.77. The van der Waals surface area contributed by atoms with E-state index in [0.29, 0.717) is 0 Å². The quantitative estimate of drug-likeness (QED) is 0.715. The lowest BCUT2D eigenvalue weighted by Gasteiger charge is -2.26. The molecule has 1 aromatic rings. The molecular formula is C11H15Br2NOS. The largest absolute Gasteiger partial charge is 0.335 e. The van der Waals surface area contributed by atoms with Crippen molar-refractivity contribution in [3.8, 4) is 0 Å². The number of halogens is 2. The average Bonchev–Trinajstić information content (AvgIpc) is 2.64. The van der Waals surface area contributed by atoms with E-state index in [1.807, 2.05) is 30.2 Å². The van der Waals surface area contributed by atoms with E-state index in [1.165, 1.54) is 11.3 Å². The van der Waals surface area contributed by atoms with Crippen LogP contribution in [0.2, 0.25) is 0 Å². The normalized spacial score (nSPS) is 10.8. The molecule has 0 unspecified atom stereocenters. The maximum Gasteiger partial charge on any atom is 0.265 e. The van der Waals surface area contributed by atoms with E-state index in [4.69, 9.17) is 0 Å². The van der Waals surface area contributed by atoms with Gasteiger partial charge in [-0.2, -0.15) is 0 Å². The molecule has 2 nitrogen and oxygen atoms in total. The standard InChI is InChI=1S/C11H15Br2NOS/c1-8(2)14(6-3-5-12)11(15)10-9(13)4-7-16-10/h4,7-8H,3,5-6H2,1-2H3. The van der Waals surface area contributed by atoms with E-state index in [1.54, 1.807) is 0 Å². The molecule has 0 saturated carbocycles. The molecule has 1 aromatic heterocycles. The summed E-state index contributed by atoms with van der Waals surface area (Å²) < 4.78 is 0.895. The zero-order valence-corrected chi connectivity index (χ0v) is 13.4. The predicted molar refractivity (Wildman–Crippen MR) is 76.6 cm³/mol. The Morgan fingerprint density at radius 3 is 2.69 bits per heavy atom. The first-order valence-electron chi connectivity index (χ1n) is 5.17. The third-order valence-corrected chi connectivity index (χ3v) is 4.61. The number of rotatable bonds is 5. The molecule has 0 atom stereocenters. The molecule has 0 aliphatic rings. The highest BCUT2D eigenvalue weighted by Crippen LogP contribution is 2.25. The third kappa shape index (κ3) is 3.57. The van der Waals surface area contributed by atoms with Crippen LogP contribution in [-0.2, 0) is 0 Å². The number of carbonyl (C=O) groups is 1. The van der Waals surface area contributed by atoms with Gasteiger partial charge < -0.3 is 4.90 Å². The molecule has 5 heteroatoms. The molecule has 0 saturated heterocycles. The maximum atomic E-state index is 12.3. The van der Waals surface area contributed by atoms with Crippen LogP contribution in [0, 0.1) is 0 Å². The molecule has 0 aliphatic carbocycles. The topological polar surface area (TPSA) is 20.3 Å². The molecular weight excluding hydrogens is 354 g/mol. The molecule has 0 spiro atoms. The Morgan fingerprint density at radius 1 is 1.56 bits per heavy atom. The fourth-order valence-corrected chi connectivity index (χ4v) is 3.15. The van der Waals surface area contributed by atoms with Gasteiger partial charge >= 0.3 is 0 Å². The van der Waals surface area contributed by atoms with E-state index < -0.39 is 0 Å². The van der Waals surface area contributed by atoms with Crippen molar-refractivity contribution >= 4 is 49.1 Å². The zero-order valence-electron chi connectivity index (χ0n) is 9.37. The van der Waals surface area contributed by atoms with Crippen molar-refractivity contribution in [1.82, 2.24) is 4.90 Å². The number of carbonyl (C=O) groups excluding carboxylic acids is 1. The monoisotopic (exact) mass is 367 g/mol. The van der Waals surface area contributed by atoms with Gasteiger partial charge in [0.1, 0.15) is 4.88 Å². The second-order valence-corrected chi connectivity index (χ2v) is 6.30. The van der Waals surface area contributed by atoms with Gasteiger partial charge in [-0.05, 0) is 47.6 Å². The van der Waals surface area contributed by atoms with Crippen molar-refractivity contribution in [3.05, 3.63) is 20.8 Å². The molecule has 1 amide bonds. The van der Waals surface area contributed by atoms with Gasteiger partial charge in [0, 0.05) is 22.4 Å². The molecule has 0 aliphatic heterocycles. The first-order valence-corrected chi connectivity index (χ1v) is 7.97. The van der Waals surface area contributed by atoms with Gasteiger partial charge in [-0.3, -0.25) is 4.79 Å². The SMILES string of the molecule is CC(C)N(CCCBr)C(=O)c1sccc1Br. The summed E-state index contributed by atoms with van der Waals surface area (Å²) in [5, 5.41) is 2.86. The Labute approximate surface area is 117 Å². The molecule has 0 radical (unpaired) electrons. The molecule has 0 aromatic carbocycles. The summed E-state index contributed by atoms with van der Waals surface area (Å²) in [6.45, 7) is 4.90. The van der Waals surface area contributed by atoms with Gasteiger partial charge in [0.25, 0.3) is 5.91 Å². The number of nitrogens with zero attached hydrogens (tertiary/aromatic N) is 1. The van der Waals surface area contributed by atoms with Crippen LogP contribution in [0.4, 0.5) is 0 Å². The van der Waals surface area contributed by atoms with Gasteiger partial charge in [0.2, 0.25) is 0 Å². The van der Waals surface area contributed by atoms with Crippen molar-refractivity contribution in [2.75, 3.05) is 11.9 Å². The van der Waals surface area contributed by atoms with Gasteiger partial charge in [0.15, 0.2) is 0 Å². The van der Waals surface area contributed by atoms with Gasteiger partial charge in [-0.25, -0.2) is 0 Å². The summed E-state index contributed by atoms with van der Waals surface area (Å²) in [5.74, 6) is 0.123. The Bertz CT molecular complexity index is 352. The van der Waals surface area contributed by atoms with E-state index in [2.05, 4.69) is 31.9 Å². The van der Waals surface area contributed by atoms with Crippen molar-refractivity contribution in [2.45, 2.75) is 26.3 Å². The summed E-state index contributed by atoms with van der Waals surface area (Å²) in [4.78, 5) is 15.0. The van der Waals surface area contributed by atoms with Crippen molar-refractivity contribution in [2.24, 2.45) is 0 Å². The van der Waals surface area contributed by atoms with E-state index in [0.717, 1.165) is 27.6 Å². The second-order valence-electron chi connectivity index (χ2n) is 3.73. The minimum Gasteiger partial charge on any atom is -0.335 e. The van der Waals surface area contributed by atoms with Crippen LogP contribution in [0.5, 0.6) is 0 Å². The van der Waals surface area contributed by atoms with Crippen LogP contribution in [0.1, 0.15) is 29.9 Å². The highest BCUT2D eigenvalue weighted by atomic mass is 79.9.